The second-order valence-corrected chi connectivity index (χ2v) is 5.24. The van der Waals surface area contributed by atoms with Gasteiger partial charge in [0.25, 0.3) is 0 Å². The van der Waals surface area contributed by atoms with E-state index in [1.165, 1.54) is 0 Å². The molecule has 0 bridgehead atoms. The molecule has 0 aromatic heterocycles. The summed E-state index contributed by atoms with van der Waals surface area (Å²) in [6.07, 6.45) is 5.60. The van der Waals surface area contributed by atoms with Gasteiger partial charge in [-0.3, -0.25) is 0 Å². The molecule has 0 heterocycles. The lowest BCUT2D eigenvalue weighted by molar-refractivity contribution is -0.00784. The maximum atomic E-state index is 12.2. The van der Waals surface area contributed by atoms with Crippen molar-refractivity contribution in [3.8, 4) is 0 Å². The Bertz CT molecular complexity index is 695. The third kappa shape index (κ3) is 3.79. The normalized spacial score (nSPS) is 18.8. The van der Waals surface area contributed by atoms with Gasteiger partial charge in [0.1, 0.15) is 0 Å². The minimum atomic E-state index is -0.657. The maximum Gasteiger partial charge on any atom is 0.338 e. The lowest BCUT2D eigenvalue weighted by Crippen LogP contribution is -2.33. The van der Waals surface area contributed by atoms with Gasteiger partial charge in [0.05, 0.1) is 11.1 Å². The molecule has 4 heteroatoms. The summed E-state index contributed by atoms with van der Waals surface area (Å²) in [5.41, 5.74) is 0.905. The van der Waals surface area contributed by atoms with Crippen LogP contribution in [0.3, 0.4) is 0 Å². The number of hydrogen-bond acceptors (Lipinski definition) is 4. The van der Waals surface area contributed by atoms with E-state index in [1.807, 2.05) is 12.1 Å². The van der Waals surface area contributed by atoms with Crippen LogP contribution in [-0.4, -0.2) is 24.1 Å². The Labute approximate surface area is 140 Å². The van der Waals surface area contributed by atoms with Crippen molar-refractivity contribution in [3.05, 3.63) is 96.1 Å². The van der Waals surface area contributed by atoms with E-state index in [2.05, 4.69) is 0 Å². The molecule has 0 saturated carbocycles. The number of esters is 2. The van der Waals surface area contributed by atoms with E-state index in [9.17, 15) is 9.59 Å². The van der Waals surface area contributed by atoms with Crippen LogP contribution in [-0.2, 0) is 9.47 Å². The first-order valence-corrected chi connectivity index (χ1v) is 7.61. The summed E-state index contributed by atoms with van der Waals surface area (Å²) >= 11 is 0. The molecule has 0 spiro atoms. The Kier molecular flexibility index (Phi) is 4.87. The highest BCUT2D eigenvalue weighted by Gasteiger charge is 2.27. The van der Waals surface area contributed by atoms with Crippen LogP contribution in [0.4, 0.5) is 0 Å². The Morgan fingerprint density at radius 2 is 1.00 bits per heavy atom. The molecule has 120 valence electrons. The van der Waals surface area contributed by atoms with Crippen LogP contribution in [0.15, 0.2) is 85.0 Å². The number of carbonyl (C=O) groups excluding carboxylic acids is 2. The monoisotopic (exact) mass is 320 g/mol. The Hall–Kier alpha value is -3.14. The van der Waals surface area contributed by atoms with Gasteiger partial charge in [0.15, 0.2) is 12.2 Å². The Morgan fingerprint density at radius 3 is 1.38 bits per heavy atom. The molecule has 1 aliphatic carbocycles. The van der Waals surface area contributed by atoms with Gasteiger partial charge in [0, 0.05) is 0 Å². The van der Waals surface area contributed by atoms with Crippen LogP contribution < -0.4 is 0 Å². The highest BCUT2D eigenvalue weighted by atomic mass is 16.6. The van der Waals surface area contributed by atoms with E-state index in [0.717, 1.165) is 0 Å². The van der Waals surface area contributed by atoms with Crippen LogP contribution in [0.1, 0.15) is 20.7 Å². The van der Waals surface area contributed by atoms with Crippen LogP contribution in [0.5, 0.6) is 0 Å². The average Bonchev–Trinajstić information content (AvgIpc) is 2.64. The fraction of sp³-hybridized carbons (Fsp3) is 0.100. The third-order valence-corrected chi connectivity index (χ3v) is 3.54. The zero-order valence-corrected chi connectivity index (χ0v) is 12.9. The number of carbonyl (C=O) groups is 2. The summed E-state index contributed by atoms with van der Waals surface area (Å²) in [6.45, 7) is 0. The van der Waals surface area contributed by atoms with Gasteiger partial charge in [-0.1, -0.05) is 48.6 Å². The van der Waals surface area contributed by atoms with Gasteiger partial charge in [-0.05, 0) is 36.4 Å². The number of hydrogen-bond donors (Lipinski definition) is 0. The molecule has 0 saturated heterocycles. The Morgan fingerprint density at radius 1 is 0.625 bits per heavy atom. The van der Waals surface area contributed by atoms with Crippen molar-refractivity contribution in [1.82, 2.24) is 0 Å². The molecule has 0 aliphatic heterocycles. The van der Waals surface area contributed by atoms with E-state index in [1.54, 1.807) is 72.8 Å². The minimum absolute atomic E-state index is 0.452. The van der Waals surface area contributed by atoms with Gasteiger partial charge in [-0.15, -0.1) is 0 Å². The molecule has 0 fully saturated rings. The summed E-state index contributed by atoms with van der Waals surface area (Å²) in [4.78, 5) is 24.4. The molecule has 2 aromatic rings. The lowest BCUT2D eigenvalue weighted by Gasteiger charge is -2.24. The molecule has 0 N–H and O–H groups in total. The van der Waals surface area contributed by atoms with Crippen molar-refractivity contribution in [2.45, 2.75) is 12.2 Å². The average molecular weight is 320 g/mol. The lowest BCUT2D eigenvalue weighted by atomic mass is 10.1. The zero-order valence-electron chi connectivity index (χ0n) is 12.9. The van der Waals surface area contributed by atoms with E-state index < -0.39 is 24.1 Å². The summed E-state index contributed by atoms with van der Waals surface area (Å²) in [5, 5.41) is 0. The number of benzene rings is 2. The highest BCUT2D eigenvalue weighted by Crippen LogP contribution is 2.17. The molecular formula is C20H16O4. The molecule has 24 heavy (non-hydrogen) atoms. The van der Waals surface area contributed by atoms with Gasteiger partial charge in [-0.25, -0.2) is 9.59 Å². The fourth-order valence-electron chi connectivity index (χ4n) is 2.31. The molecule has 0 radical (unpaired) electrons. The molecule has 2 unspecified atom stereocenters. The largest absolute Gasteiger partial charge is 0.450 e. The van der Waals surface area contributed by atoms with Gasteiger partial charge in [0.2, 0.25) is 0 Å². The topological polar surface area (TPSA) is 52.6 Å². The summed E-state index contributed by atoms with van der Waals surface area (Å²) in [6, 6.07) is 17.4. The molecular weight excluding hydrogens is 304 g/mol. The predicted molar refractivity (Wildman–Crippen MR) is 89.6 cm³/mol. The second-order valence-electron chi connectivity index (χ2n) is 5.24. The third-order valence-electron chi connectivity index (χ3n) is 3.54. The number of allylic oxidation sites excluding steroid dienone is 2. The summed E-state index contributed by atoms with van der Waals surface area (Å²) in [7, 11) is 0. The van der Waals surface area contributed by atoms with Crippen molar-refractivity contribution in [2.75, 3.05) is 0 Å². The zero-order chi connectivity index (χ0) is 16.8. The van der Waals surface area contributed by atoms with E-state index >= 15 is 0 Å². The highest BCUT2D eigenvalue weighted by molar-refractivity contribution is 5.90. The van der Waals surface area contributed by atoms with E-state index in [0.29, 0.717) is 11.1 Å². The summed E-state index contributed by atoms with van der Waals surface area (Å²) < 4.78 is 10.9. The van der Waals surface area contributed by atoms with Crippen molar-refractivity contribution < 1.29 is 19.1 Å². The molecule has 2 atom stereocenters. The van der Waals surface area contributed by atoms with Crippen molar-refractivity contribution in [1.29, 1.82) is 0 Å². The predicted octanol–water partition coefficient (Wildman–Crippen LogP) is 3.56. The first-order chi connectivity index (χ1) is 11.7. The van der Waals surface area contributed by atoms with Crippen molar-refractivity contribution >= 4 is 11.9 Å². The molecule has 3 rings (SSSR count). The quantitative estimate of drug-likeness (QED) is 0.808. The molecule has 2 aromatic carbocycles. The Balaban J connectivity index is 1.68. The van der Waals surface area contributed by atoms with Crippen molar-refractivity contribution in [3.63, 3.8) is 0 Å². The van der Waals surface area contributed by atoms with E-state index in [-0.39, 0.29) is 0 Å². The van der Waals surface area contributed by atoms with Crippen molar-refractivity contribution in [2.24, 2.45) is 0 Å². The fourth-order valence-corrected chi connectivity index (χ4v) is 2.31. The number of rotatable bonds is 4. The van der Waals surface area contributed by atoms with Crippen LogP contribution in [0.25, 0.3) is 0 Å². The standard InChI is InChI=1S/C20H16O4/c21-19(15-9-3-1-4-10-15)23-17-13-7-8-14-18(17)24-20(22)16-11-5-2-6-12-16/h1-14,17-18H. The molecule has 1 aliphatic rings. The van der Waals surface area contributed by atoms with E-state index in [4.69, 9.17) is 9.47 Å². The second kappa shape index (κ2) is 7.42. The van der Waals surface area contributed by atoms with Crippen LogP contribution >= 0.6 is 0 Å². The smallest absolute Gasteiger partial charge is 0.338 e. The molecule has 0 amide bonds. The van der Waals surface area contributed by atoms with Crippen LogP contribution in [0, 0.1) is 0 Å². The first kappa shape index (κ1) is 15.7. The van der Waals surface area contributed by atoms with Crippen LogP contribution in [0.2, 0.25) is 0 Å². The van der Waals surface area contributed by atoms with Gasteiger partial charge >= 0.3 is 11.9 Å². The SMILES string of the molecule is O=C(OC1C=CC=CC1OC(=O)c1ccccc1)c1ccccc1. The number of ether oxygens (including phenoxy) is 2. The van der Waals surface area contributed by atoms with Gasteiger partial charge < -0.3 is 9.47 Å². The maximum absolute atomic E-state index is 12.2. The minimum Gasteiger partial charge on any atom is -0.450 e. The first-order valence-electron chi connectivity index (χ1n) is 7.61. The molecule has 4 nitrogen and oxygen atoms in total. The summed E-state index contributed by atoms with van der Waals surface area (Å²) in [5.74, 6) is -0.914. The van der Waals surface area contributed by atoms with Gasteiger partial charge in [-0.2, -0.15) is 0 Å².